The van der Waals surface area contributed by atoms with Crippen LogP contribution in [0.3, 0.4) is 0 Å². The number of aliphatic hydroxyl groups is 1. The van der Waals surface area contributed by atoms with E-state index in [-0.39, 0.29) is 23.5 Å². The highest BCUT2D eigenvalue weighted by Gasteiger charge is 2.22. The molecule has 1 fully saturated rings. The van der Waals surface area contributed by atoms with Crippen LogP contribution < -0.4 is 10.1 Å². The van der Waals surface area contributed by atoms with Crippen molar-refractivity contribution in [1.82, 2.24) is 10.3 Å². The summed E-state index contributed by atoms with van der Waals surface area (Å²) in [6.07, 6.45) is 1.85. The van der Waals surface area contributed by atoms with Crippen LogP contribution in [0.2, 0.25) is 0 Å². The summed E-state index contributed by atoms with van der Waals surface area (Å²) in [6, 6.07) is 2.96. The molecular weight excluding hydrogens is 294 g/mol. The lowest BCUT2D eigenvalue weighted by Gasteiger charge is -2.25. The number of halogens is 2. The zero-order chi connectivity index (χ0) is 15.9. The fraction of sp³-hybridized carbons (Fsp3) is 0.600. The minimum Gasteiger partial charge on any atom is -0.485 e. The van der Waals surface area contributed by atoms with Gasteiger partial charge >= 0.3 is 0 Å². The lowest BCUT2D eigenvalue weighted by atomic mass is 9.87. The van der Waals surface area contributed by atoms with E-state index in [1.807, 2.05) is 0 Å². The Bertz CT molecular complexity index is 499. The molecule has 1 amide bonds. The van der Waals surface area contributed by atoms with Crippen LogP contribution in [0.25, 0.3) is 0 Å². The molecule has 1 aromatic rings. The number of ether oxygens (including phenoxy) is 1. The quantitative estimate of drug-likeness (QED) is 0.842. The predicted octanol–water partition coefficient (Wildman–Crippen LogP) is 2.01. The molecule has 1 aliphatic rings. The van der Waals surface area contributed by atoms with Gasteiger partial charge in [-0.15, -0.1) is 0 Å². The summed E-state index contributed by atoms with van der Waals surface area (Å²) in [4.78, 5) is 16.0. The molecule has 1 aromatic heterocycles. The summed E-state index contributed by atoms with van der Waals surface area (Å²) >= 11 is 0. The van der Waals surface area contributed by atoms with Crippen molar-refractivity contribution in [3.8, 4) is 5.75 Å². The van der Waals surface area contributed by atoms with Crippen LogP contribution >= 0.6 is 0 Å². The summed E-state index contributed by atoms with van der Waals surface area (Å²) < 4.78 is 29.3. The number of hydrogen-bond donors (Lipinski definition) is 2. The normalized spacial score (nSPS) is 21.6. The Balaban J connectivity index is 1.91. The first-order valence-corrected chi connectivity index (χ1v) is 7.38. The molecule has 0 aromatic carbocycles. The van der Waals surface area contributed by atoms with Gasteiger partial charge in [0.2, 0.25) is 0 Å². The van der Waals surface area contributed by atoms with Gasteiger partial charge in [-0.25, -0.2) is 13.8 Å². The lowest BCUT2D eigenvalue weighted by Crippen LogP contribution is -2.33. The van der Waals surface area contributed by atoms with E-state index in [2.05, 4.69) is 10.3 Å². The van der Waals surface area contributed by atoms with E-state index >= 15 is 0 Å². The van der Waals surface area contributed by atoms with Crippen LogP contribution in [0.1, 0.15) is 36.2 Å². The first-order chi connectivity index (χ1) is 10.6. The molecule has 1 heterocycles. The molecular formula is C15H20F2N2O3. The number of alkyl halides is 2. The van der Waals surface area contributed by atoms with Crippen molar-refractivity contribution in [3.63, 3.8) is 0 Å². The van der Waals surface area contributed by atoms with Crippen LogP contribution in [0, 0.1) is 5.92 Å². The number of carbonyl (C=O) groups is 1. The maximum atomic E-state index is 12.2. The fourth-order valence-electron chi connectivity index (χ4n) is 2.60. The lowest BCUT2D eigenvalue weighted by molar-refractivity contribution is 0.0781. The van der Waals surface area contributed by atoms with E-state index in [1.54, 1.807) is 0 Å². The molecule has 0 radical (unpaired) electrons. The average Bonchev–Trinajstić information content (AvgIpc) is 2.51. The van der Waals surface area contributed by atoms with Crippen LogP contribution in [0.4, 0.5) is 8.78 Å². The highest BCUT2D eigenvalue weighted by Crippen LogP contribution is 2.24. The monoisotopic (exact) mass is 314 g/mol. The number of hydrogen-bond acceptors (Lipinski definition) is 4. The van der Waals surface area contributed by atoms with Crippen LogP contribution in [-0.4, -0.2) is 41.7 Å². The van der Waals surface area contributed by atoms with E-state index < -0.39 is 18.9 Å². The minimum absolute atomic E-state index is 0.000456. The molecule has 5 nitrogen and oxygen atoms in total. The second kappa shape index (κ2) is 8.03. The Labute approximate surface area is 127 Å². The summed E-state index contributed by atoms with van der Waals surface area (Å²) in [6.45, 7) is -0.346. The molecule has 2 atom stereocenters. The van der Waals surface area contributed by atoms with E-state index in [9.17, 15) is 18.7 Å². The molecule has 2 N–H and O–H groups in total. The molecule has 2 rings (SSSR count). The third-order valence-corrected chi connectivity index (χ3v) is 3.66. The van der Waals surface area contributed by atoms with Gasteiger partial charge in [-0.05, 0) is 37.3 Å². The Kier molecular flexibility index (Phi) is 6.06. The van der Waals surface area contributed by atoms with Gasteiger partial charge < -0.3 is 15.2 Å². The van der Waals surface area contributed by atoms with Crippen molar-refractivity contribution in [2.45, 2.75) is 38.2 Å². The number of pyridine rings is 1. The first kappa shape index (κ1) is 16.6. The van der Waals surface area contributed by atoms with Crippen molar-refractivity contribution >= 4 is 5.91 Å². The molecule has 1 aliphatic carbocycles. The van der Waals surface area contributed by atoms with Gasteiger partial charge in [-0.3, -0.25) is 4.79 Å². The number of aromatic nitrogens is 1. The fourth-order valence-corrected chi connectivity index (χ4v) is 2.60. The first-order valence-electron chi connectivity index (χ1n) is 7.38. The standard InChI is InChI=1S/C15H20F2N2O3/c16-13(17)9-22-12-5-2-6-18-14(12)15(21)19-8-10-3-1-4-11(20)7-10/h2,5-6,10-11,13,20H,1,3-4,7-9H2,(H,19,21). The molecule has 0 spiro atoms. The summed E-state index contributed by atoms with van der Waals surface area (Å²) in [5, 5.41) is 12.3. The molecule has 0 aliphatic heterocycles. The number of rotatable bonds is 6. The van der Waals surface area contributed by atoms with Crippen molar-refractivity contribution < 1.29 is 23.4 Å². The summed E-state index contributed by atoms with van der Waals surface area (Å²) in [5.41, 5.74) is -0.000456. The summed E-state index contributed by atoms with van der Waals surface area (Å²) in [7, 11) is 0. The van der Waals surface area contributed by atoms with Crippen LogP contribution in [-0.2, 0) is 0 Å². The second-order valence-corrected chi connectivity index (χ2v) is 5.45. The average molecular weight is 314 g/mol. The largest absolute Gasteiger partial charge is 0.485 e. The van der Waals surface area contributed by atoms with Gasteiger partial charge in [0, 0.05) is 12.7 Å². The number of carbonyl (C=O) groups excluding carboxylic acids is 1. The van der Waals surface area contributed by atoms with Gasteiger partial charge in [0.25, 0.3) is 12.3 Å². The Hall–Kier alpha value is -1.76. The van der Waals surface area contributed by atoms with Crippen molar-refractivity contribution in [2.24, 2.45) is 5.92 Å². The molecule has 7 heteroatoms. The Morgan fingerprint density at radius 1 is 1.50 bits per heavy atom. The van der Waals surface area contributed by atoms with E-state index in [1.165, 1.54) is 18.3 Å². The molecule has 2 unspecified atom stereocenters. The van der Waals surface area contributed by atoms with Gasteiger partial charge in [0.05, 0.1) is 6.10 Å². The van der Waals surface area contributed by atoms with Crippen LogP contribution in [0.5, 0.6) is 5.75 Å². The topological polar surface area (TPSA) is 71.5 Å². The predicted molar refractivity (Wildman–Crippen MR) is 76.0 cm³/mol. The van der Waals surface area contributed by atoms with Crippen LogP contribution in [0.15, 0.2) is 18.3 Å². The smallest absolute Gasteiger partial charge is 0.273 e. The van der Waals surface area contributed by atoms with E-state index in [0.717, 1.165) is 19.3 Å². The van der Waals surface area contributed by atoms with Crippen molar-refractivity contribution in [3.05, 3.63) is 24.0 Å². The third-order valence-electron chi connectivity index (χ3n) is 3.66. The van der Waals surface area contributed by atoms with Crippen molar-refractivity contribution in [1.29, 1.82) is 0 Å². The SMILES string of the molecule is O=C(NCC1CCCC(O)C1)c1ncccc1OCC(F)F. The highest BCUT2D eigenvalue weighted by atomic mass is 19.3. The maximum absolute atomic E-state index is 12.2. The zero-order valence-electron chi connectivity index (χ0n) is 12.2. The van der Waals surface area contributed by atoms with Gasteiger partial charge in [-0.2, -0.15) is 0 Å². The van der Waals surface area contributed by atoms with Gasteiger partial charge in [-0.1, -0.05) is 6.42 Å². The minimum atomic E-state index is -2.61. The van der Waals surface area contributed by atoms with Gasteiger partial charge in [0.15, 0.2) is 11.4 Å². The molecule has 0 bridgehead atoms. The highest BCUT2D eigenvalue weighted by molar-refractivity contribution is 5.94. The Morgan fingerprint density at radius 3 is 3.05 bits per heavy atom. The third kappa shape index (κ3) is 4.91. The molecule has 0 saturated heterocycles. The number of nitrogens with one attached hydrogen (secondary N) is 1. The number of aliphatic hydroxyl groups excluding tert-OH is 1. The second-order valence-electron chi connectivity index (χ2n) is 5.45. The Morgan fingerprint density at radius 2 is 2.32 bits per heavy atom. The maximum Gasteiger partial charge on any atom is 0.273 e. The molecule has 122 valence electrons. The number of amides is 1. The van der Waals surface area contributed by atoms with E-state index in [4.69, 9.17) is 4.74 Å². The van der Waals surface area contributed by atoms with E-state index in [0.29, 0.717) is 13.0 Å². The molecule has 1 saturated carbocycles. The summed E-state index contributed by atoms with van der Waals surface area (Å²) in [5.74, 6) is -0.184. The molecule has 22 heavy (non-hydrogen) atoms. The van der Waals surface area contributed by atoms with Crippen molar-refractivity contribution in [2.75, 3.05) is 13.2 Å². The zero-order valence-corrected chi connectivity index (χ0v) is 12.2. The van der Waals surface area contributed by atoms with Gasteiger partial charge in [0.1, 0.15) is 6.61 Å². The number of nitrogens with zero attached hydrogens (tertiary/aromatic N) is 1.